The summed E-state index contributed by atoms with van der Waals surface area (Å²) in [6.07, 6.45) is 5.79. The van der Waals surface area contributed by atoms with Gasteiger partial charge in [-0.1, -0.05) is 31.9 Å². The van der Waals surface area contributed by atoms with Crippen molar-refractivity contribution >= 4 is 23.9 Å². The number of carbonyl (C=O) groups is 4. The van der Waals surface area contributed by atoms with Crippen LogP contribution in [0.3, 0.4) is 0 Å². The lowest BCUT2D eigenvalue weighted by atomic mass is 9.85. The second-order valence-corrected chi connectivity index (χ2v) is 10.6. The highest BCUT2D eigenvalue weighted by molar-refractivity contribution is 5.95. The van der Waals surface area contributed by atoms with Crippen molar-refractivity contribution < 1.29 is 33.8 Å². The summed E-state index contributed by atoms with van der Waals surface area (Å²) in [5.41, 5.74) is -2.10. The fraction of sp³-hybridized carbons (Fsp3) is 0.760. The molecule has 0 spiro atoms. The molecule has 0 bridgehead atoms. The second kappa shape index (κ2) is 11.9. The van der Waals surface area contributed by atoms with Gasteiger partial charge in [-0.15, -0.1) is 0 Å². The summed E-state index contributed by atoms with van der Waals surface area (Å²) in [7, 11) is 1.26. The van der Waals surface area contributed by atoms with E-state index >= 15 is 0 Å². The molecule has 0 saturated carbocycles. The summed E-state index contributed by atoms with van der Waals surface area (Å²) in [6, 6.07) is -1.90. The zero-order valence-electron chi connectivity index (χ0n) is 21.8. The molecule has 0 aromatic carbocycles. The summed E-state index contributed by atoms with van der Waals surface area (Å²) < 4.78 is 10.3. The number of allylic oxidation sites excluding steroid dienone is 1. The highest BCUT2D eigenvalue weighted by Gasteiger charge is 2.46. The molecule has 0 aromatic heterocycles. The first-order chi connectivity index (χ1) is 16.3. The third kappa shape index (κ3) is 7.68. The summed E-state index contributed by atoms with van der Waals surface area (Å²) in [4.78, 5) is 53.3. The van der Waals surface area contributed by atoms with Crippen LogP contribution in [0.2, 0.25) is 0 Å². The standard InChI is InChI=1S/C25H41N3O7/c1-16-12-10-8-7-9-11-13-18(26-23(33)35-24(2,3)4)21(31)28-15-17(29)14-19(28)20(30)27-25(16,5)22(32)34-6/h10,12,16-19,29H,7-9,11,13-15H2,1-6H3,(H,26,33)(H,27,30)/t16?,17-,18-,19-,25+/m0/s1. The molecule has 2 rings (SSSR count). The first-order valence-electron chi connectivity index (χ1n) is 12.3. The van der Waals surface area contributed by atoms with E-state index in [1.807, 2.05) is 19.1 Å². The predicted molar refractivity (Wildman–Crippen MR) is 129 cm³/mol. The number of carbonyl (C=O) groups excluding carboxylic acids is 4. The third-order valence-corrected chi connectivity index (χ3v) is 6.55. The van der Waals surface area contributed by atoms with Crippen LogP contribution in [0.15, 0.2) is 12.2 Å². The van der Waals surface area contributed by atoms with E-state index in [0.29, 0.717) is 12.8 Å². The van der Waals surface area contributed by atoms with Crippen molar-refractivity contribution in [1.29, 1.82) is 0 Å². The quantitative estimate of drug-likeness (QED) is 0.394. The number of aliphatic hydroxyl groups is 1. The molecule has 10 nitrogen and oxygen atoms in total. The molecule has 0 aliphatic carbocycles. The molecule has 35 heavy (non-hydrogen) atoms. The van der Waals surface area contributed by atoms with Crippen LogP contribution in [0.1, 0.15) is 73.1 Å². The molecule has 0 aromatic rings. The van der Waals surface area contributed by atoms with Crippen LogP contribution in [-0.2, 0) is 23.9 Å². The number of ether oxygens (including phenoxy) is 2. The maximum Gasteiger partial charge on any atom is 0.408 e. The van der Waals surface area contributed by atoms with Crippen molar-refractivity contribution in [3.8, 4) is 0 Å². The Morgan fingerprint density at radius 1 is 1.23 bits per heavy atom. The van der Waals surface area contributed by atoms with Crippen molar-refractivity contribution in [2.45, 2.75) is 102 Å². The Balaban J connectivity index is 2.37. The molecule has 3 amide bonds. The van der Waals surface area contributed by atoms with Gasteiger partial charge in [-0.3, -0.25) is 9.59 Å². The Morgan fingerprint density at radius 2 is 1.91 bits per heavy atom. The number of methoxy groups -OCH3 is 1. The SMILES string of the molecule is COC(=O)[C@]1(C)NC(=O)[C@@H]2C[C@H](O)CN2C(=O)[C@@H](NC(=O)OC(C)(C)C)CCCCCC=CC1C. The normalized spacial score (nSPS) is 31.0. The van der Waals surface area contributed by atoms with Crippen LogP contribution in [-0.4, -0.2) is 76.9 Å². The van der Waals surface area contributed by atoms with Crippen molar-refractivity contribution in [3.63, 3.8) is 0 Å². The lowest BCUT2D eigenvalue weighted by Gasteiger charge is -2.35. The Hall–Kier alpha value is -2.62. The maximum atomic E-state index is 13.5. The Kier molecular flexibility index (Phi) is 9.71. The smallest absolute Gasteiger partial charge is 0.408 e. The molecule has 2 aliphatic heterocycles. The molecule has 2 heterocycles. The second-order valence-electron chi connectivity index (χ2n) is 10.6. The summed E-state index contributed by atoms with van der Waals surface area (Å²) in [5, 5.41) is 15.8. The van der Waals surface area contributed by atoms with Gasteiger partial charge < -0.3 is 30.1 Å². The highest BCUT2D eigenvalue weighted by Crippen LogP contribution is 2.26. The topological polar surface area (TPSA) is 134 Å². The lowest BCUT2D eigenvalue weighted by Crippen LogP contribution is -2.61. The average molecular weight is 496 g/mol. The van der Waals surface area contributed by atoms with Gasteiger partial charge in [0.1, 0.15) is 23.2 Å². The number of rotatable bonds is 2. The van der Waals surface area contributed by atoms with E-state index in [4.69, 9.17) is 9.47 Å². The molecular weight excluding hydrogens is 454 g/mol. The Labute approximate surface area is 207 Å². The van der Waals surface area contributed by atoms with Crippen molar-refractivity contribution in [2.75, 3.05) is 13.7 Å². The fourth-order valence-electron chi connectivity index (χ4n) is 4.40. The number of hydrogen-bond donors (Lipinski definition) is 3. The van der Waals surface area contributed by atoms with E-state index in [1.165, 1.54) is 12.0 Å². The van der Waals surface area contributed by atoms with E-state index in [2.05, 4.69) is 10.6 Å². The number of amides is 3. The van der Waals surface area contributed by atoms with E-state index in [-0.39, 0.29) is 18.9 Å². The summed E-state index contributed by atoms with van der Waals surface area (Å²) in [6.45, 7) is 8.56. The zero-order chi connectivity index (χ0) is 26.4. The van der Waals surface area contributed by atoms with Gasteiger partial charge in [0.25, 0.3) is 0 Å². The minimum Gasteiger partial charge on any atom is -0.467 e. The number of hydrogen-bond acceptors (Lipinski definition) is 7. The van der Waals surface area contributed by atoms with E-state index in [9.17, 15) is 24.3 Å². The molecule has 198 valence electrons. The van der Waals surface area contributed by atoms with Gasteiger partial charge in [0.15, 0.2) is 0 Å². The van der Waals surface area contributed by atoms with Gasteiger partial charge in [-0.05, 0) is 47.0 Å². The highest BCUT2D eigenvalue weighted by atomic mass is 16.6. The van der Waals surface area contributed by atoms with Gasteiger partial charge in [-0.2, -0.15) is 0 Å². The Morgan fingerprint density at radius 3 is 2.54 bits per heavy atom. The van der Waals surface area contributed by atoms with Crippen LogP contribution < -0.4 is 10.6 Å². The minimum atomic E-state index is -1.36. The summed E-state index contributed by atoms with van der Waals surface area (Å²) >= 11 is 0. The molecular formula is C25H41N3O7. The maximum absolute atomic E-state index is 13.5. The first-order valence-corrected chi connectivity index (χ1v) is 12.3. The molecule has 3 N–H and O–H groups in total. The van der Waals surface area contributed by atoms with Crippen molar-refractivity contribution in [3.05, 3.63) is 12.2 Å². The molecule has 1 fully saturated rings. The zero-order valence-corrected chi connectivity index (χ0v) is 21.8. The lowest BCUT2D eigenvalue weighted by molar-refractivity contribution is -0.153. The minimum absolute atomic E-state index is 0.0260. The van der Waals surface area contributed by atoms with E-state index in [1.54, 1.807) is 27.7 Å². The third-order valence-electron chi connectivity index (χ3n) is 6.55. The molecule has 2 aliphatic rings. The van der Waals surface area contributed by atoms with Gasteiger partial charge in [0.05, 0.1) is 13.2 Å². The predicted octanol–water partition coefficient (Wildman–Crippen LogP) is 2.05. The van der Waals surface area contributed by atoms with Gasteiger partial charge >= 0.3 is 12.1 Å². The molecule has 0 radical (unpaired) electrons. The van der Waals surface area contributed by atoms with Gasteiger partial charge in [-0.25, -0.2) is 9.59 Å². The van der Waals surface area contributed by atoms with Gasteiger partial charge in [0, 0.05) is 18.9 Å². The number of nitrogens with zero attached hydrogens (tertiary/aromatic N) is 1. The number of fused-ring (bicyclic) bond motifs is 1. The Bertz CT molecular complexity index is 822. The fourth-order valence-corrected chi connectivity index (χ4v) is 4.40. The van der Waals surface area contributed by atoms with Crippen LogP contribution in [0.5, 0.6) is 0 Å². The summed E-state index contributed by atoms with van der Waals surface area (Å²) in [5.74, 6) is -2.00. The largest absolute Gasteiger partial charge is 0.467 e. The number of esters is 1. The number of aliphatic hydroxyl groups excluding tert-OH is 1. The molecule has 10 heteroatoms. The van der Waals surface area contributed by atoms with E-state index in [0.717, 1.165) is 19.3 Å². The van der Waals surface area contributed by atoms with Crippen LogP contribution in [0.25, 0.3) is 0 Å². The molecule has 1 unspecified atom stereocenters. The van der Waals surface area contributed by atoms with E-state index < -0.39 is 53.2 Å². The molecule has 5 atom stereocenters. The van der Waals surface area contributed by atoms with Crippen LogP contribution in [0, 0.1) is 5.92 Å². The average Bonchev–Trinajstić information content (AvgIpc) is 3.16. The van der Waals surface area contributed by atoms with Crippen LogP contribution in [0.4, 0.5) is 4.79 Å². The number of nitrogens with one attached hydrogen (secondary N) is 2. The van der Waals surface area contributed by atoms with Gasteiger partial charge in [0.2, 0.25) is 11.8 Å². The van der Waals surface area contributed by atoms with Crippen LogP contribution >= 0.6 is 0 Å². The number of alkyl carbamates (subject to hydrolysis) is 1. The first kappa shape index (κ1) is 28.6. The van der Waals surface area contributed by atoms with Crippen molar-refractivity contribution in [2.24, 2.45) is 5.92 Å². The molecule has 1 saturated heterocycles. The van der Waals surface area contributed by atoms with Crippen molar-refractivity contribution in [1.82, 2.24) is 15.5 Å². The monoisotopic (exact) mass is 495 g/mol.